The monoisotopic (exact) mass is 264 g/mol. The van der Waals surface area contributed by atoms with Crippen molar-refractivity contribution in [3.05, 3.63) is 51.7 Å². The molecule has 0 aliphatic carbocycles. The molecule has 1 N–H and O–H groups in total. The standard InChI is InChI=1S/C13H12O2S2/c1-9-3-2-4-10(5-9)7-16-11-6-12(13(14)15)17-8-11/h2-6,8H,7H2,1H3,(H,14,15). The van der Waals surface area contributed by atoms with Gasteiger partial charge in [-0.15, -0.1) is 23.1 Å². The Balaban J connectivity index is 2.00. The van der Waals surface area contributed by atoms with E-state index in [0.717, 1.165) is 10.6 Å². The number of rotatable bonds is 4. The molecule has 0 bridgehead atoms. The molecule has 0 saturated heterocycles. The number of hydrogen-bond donors (Lipinski definition) is 1. The summed E-state index contributed by atoms with van der Waals surface area (Å²) >= 11 is 2.94. The number of carboxylic acid groups (broad SMARTS) is 1. The SMILES string of the molecule is Cc1cccc(CSc2csc(C(=O)O)c2)c1. The fourth-order valence-corrected chi connectivity index (χ4v) is 3.29. The minimum atomic E-state index is -0.850. The number of carbonyl (C=O) groups is 1. The molecular weight excluding hydrogens is 252 g/mol. The molecule has 0 atom stereocenters. The van der Waals surface area contributed by atoms with E-state index in [4.69, 9.17) is 5.11 Å². The second-order valence-corrected chi connectivity index (χ2v) is 5.69. The highest BCUT2D eigenvalue weighted by atomic mass is 32.2. The average molecular weight is 264 g/mol. The fraction of sp³-hybridized carbons (Fsp3) is 0.154. The first-order valence-electron chi connectivity index (χ1n) is 5.15. The molecule has 2 aromatic rings. The van der Waals surface area contributed by atoms with Crippen molar-refractivity contribution < 1.29 is 9.90 Å². The third-order valence-electron chi connectivity index (χ3n) is 2.27. The summed E-state index contributed by atoms with van der Waals surface area (Å²) in [6.07, 6.45) is 0. The first-order chi connectivity index (χ1) is 8.15. The Labute approximate surface area is 108 Å². The maximum atomic E-state index is 10.7. The molecule has 1 aromatic carbocycles. The quantitative estimate of drug-likeness (QED) is 0.847. The Morgan fingerprint density at radius 3 is 2.88 bits per heavy atom. The lowest BCUT2D eigenvalue weighted by Crippen LogP contribution is -1.89. The molecule has 4 heteroatoms. The van der Waals surface area contributed by atoms with Crippen molar-refractivity contribution in [2.45, 2.75) is 17.6 Å². The number of thioether (sulfide) groups is 1. The van der Waals surface area contributed by atoms with E-state index in [1.165, 1.54) is 22.5 Å². The molecular formula is C13H12O2S2. The predicted octanol–water partition coefficient (Wildman–Crippen LogP) is 4.05. The van der Waals surface area contributed by atoms with Gasteiger partial charge >= 0.3 is 5.97 Å². The zero-order valence-corrected chi connectivity index (χ0v) is 11.0. The van der Waals surface area contributed by atoms with Gasteiger partial charge in [0.05, 0.1) is 0 Å². The molecule has 0 amide bonds. The van der Waals surface area contributed by atoms with E-state index in [9.17, 15) is 4.79 Å². The molecule has 2 rings (SSSR count). The van der Waals surface area contributed by atoms with Gasteiger partial charge in [0.25, 0.3) is 0 Å². The van der Waals surface area contributed by atoms with Crippen LogP contribution in [0.15, 0.2) is 40.6 Å². The molecule has 1 aromatic heterocycles. The van der Waals surface area contributed by atoms with Gasteiger partial charge in [-0.1, -0.05) is 29.8 Å². The molecule has 0 aliphatic rings. The summed E-state index contributed by atoms with van der Waals surface area (Å²) in [5, 5.41) is 10.7. The number of benzene rings is 1. The van der Waals surface area contributed by atoms with Crippen molar-refractivity contribution in [2.24, 2.45) is 0 Å². The Bertz CT molecular complexity index is 532. The topological polar surface area (TPSA) is 37.3 Å². The normalized spacial score (nSPS) is 10.4. The summed E-state index contributed by atoms with van der Waals surface area (Å²) in [6.45, 7) is 2.07. The van der Waals surface area contributed by atoms with Crippen LogP contribution >= 0.6 is 23.1 Å². The zero-order valence-electron chi connectivity index (χ0n) is 9.34. The van der Waals surface area contributed by atoms with E-state index in [2.05, 4.69) is 25.1 Å². The molecule has 1 heterocycles. The van der Waals surface area contributed by atoms with Crippen molar-refractivity contribution in [1.29, 1.82) is 0 Å². The molecule has 0 unspecified atom stereocenters. The van der Waals surface area contributed by atoms with Gasteiger partial charge < -0.3 is 5.11 Å². The number of hydrogen-bond acceptors (Lipinski definition) is 3. The van der Waals surface area contributed by atoms with Gasteiger partial charge in [0.2, 0.25) is 0 Å². The van der Waals surface area contributed by atoms with Gasteiger partial charge in [-0.2, -0.15) is 0 Å². The van der Waals surface area contributed by atoms with Crippen LogP contribution in [-0.4, -0.2) is 11.1 Å². The van der Waals surface area contributed by atoms with Gasteiger partial charge in [-0.25, -0.2) is 4.79 Å². The highest BCUT2D eigenvalue weighted by Crippen LogP contribution is 2.27. The van der Waals surface area contributed by atoms with Gasteiger partial charge in [0.15, 0.2) is 0 Å². The molecule has 0 fully saturated rings. The molecule has 88 valence electrons. The minimum absolute atomic E-state index is 0.400. The predicted molar refractivity (Wildman–Crippen MR) is 72.0 cm³/mol. The average Bonchev–Trinajstić information content (AvgIpc) is 2.75. The van der Waals surface area contributed by atoms with Crippen LogP contribution in [0.2, 0.25) is 0 Å². The van der Waals surface area contributed by atoms with Crippen LogP contribution in [-0.2, 0) is 5.75 Å². The van der Waals surface area contributed by atoms with E-state index in [-0.39, 0.29) is 0 Å². The lowest BCUT2D eigenvalue weighted by Gasteiger charge is -2.00. The third kappa shape index (κ3) is 3.35. The Kier molecular flexibility index (Phi) is 3.86. The molecule has 0 aliphatic heterocycles. The Hall–Kier alpha value is -1.26. The Morgan fingerprint density at radius 2 is 2.24 bits per heavy atom. The van der Waals surface area contributed by atoms with Crippen molar-refractivity contribution in [3.8, 4) is 0 Å². The van der Waals surface area contributed by atoms with Crippen LogP contribution < -0.4 is 0 Å². The molecule has 0 spiro atoms. The summed E-state index contributed by atoms with van der Waals surface area (Å²) in [5.41, 5.74) is 2.51. The maximum absolute atomic E-state index is 10.7. The number of thiophene rings is 1. The highest BCUT2D eigenvalue weighted by Gasteiger charge is 2.07. The number of aromatic carboxylic acids is 1. The minimum Gasteiger partial charge on any atom is -0.477 e. The summed E-state index contributed by atoms with van der Waals surface area (Å²) in [4.78, 5) is 12.2. The second kappa shape index (κ2) is 5.38. The van der Waals surface area contributed by atoms with Crippen LogP contribution in [0.4, 0.5) is 0 Å². The van der Waals surface area contributed by atoms with Crippen LogP contribution in [0.3, 0.4) is 0 Å². The smallest absolute Gasteiger partial charge is 0.345 e. The lowest BCUT2D eigenvalue weighted by atomic mass is 10.2. The van der Waals surface area contributed by atoms with Crippen LogP contribution in [0.25, 0.3) is 0 Å². The van der Waals surface area contributed by atoms with Crippen molar-refractivity contribution in [1.82, 2.24) is 0 Å². The molecule has 0 saturated carbocycles. The third-order valence-corrected chi connectivity index (χ3v) is 4.39. The number of carboxylic acids is 1. The van der Waals surface area contributed by atoms with Crippen molar-refractivity contribution >= 4 is 29.1 Å². The summed E-state index contributed by atoms with van der Waals surface area (Å²) < 4.78 is 0. The van der Waals surface area contributed by atoms with Gasteiger partial charge in [0.1, 0.15) is 4.88 Å². The van der Waals surface area contributed by atoms with Crippen molar-refractivity contribution in [3.63, 3.8) is 0 Å². The summed E-state index contributed by atoms with van der Waals surface area (Å²) in [6, 6.07) is 10.1. The van der Waals surface area contributed by atoms with Crippen LogP contribution in [0, 0.1) is 6.92 Å². The van der Waals surface area contributed by atoms with Gasteiger partial charge in [0, 0.05) is 16.0 Å². The van der Waals surface area contributed by atoms with E-state index in [0.29, 0.717) is 4.88 Å². The van der Waals surface area contributed by atoms with Crippen LogP contribution in [0.1, 0.15) is 20.8 Å². The summed E-state index contributed by atoms with van der Waals surface area (Å²) in [7, 11) is 0. The van der Waals surface area contributed by atoms with E-state index < -0.39 is 5.97 Å². The van der Waals surface area contributed by atoms with Gasteiger partial charge in [-0.3, -0.25) is 0 Å². The largest absolute Gasteiger partial charge is 0.477 e. The molecule has 2 nitrogen and oxygen atoms in total. The van der Waals surface area contributed by atoms with E-state index in [1.54, 1.807) is 17.8 Å². The van der Waals surface area contributed by atoms with E-state index in [1.807, 2.05) is 11.4 Å². The zero-order chi connectivity index (χ0) is 12.3. The first kappa shape index (κ1) is 12.2. The number of aryl methyl sites for hydroxylation is 1. The summed E-state index contributed by atoms with van der Waals surface area (Å²) in [5.74, 6) is 0.0229. The molecule has 0 radical (unpaired) electrons. The fourth-order valence-electron chi connectivity index (χ4n) is 1.48. The first-order valence-corrected chi connectivity index (χ1v) is 7.02. The second-order valence-electron chi connectivity index (χ2n) is 3.73. The lowest BCUT2D eigenvalue weighted by molar-refractivity contribution is 0.0702. The van der Waals surface area contributed by atoms with Crippen LogP contribution in [0.5, 0.6) is 0 Å². The molecule has 17 heavy (non-hydrogen) atoms. The van der Waals surface area contributed by atoms with Crippen molar-refractivity contribution in [2.75, 3.05) is 0 Å². The van der Waals surface area contributed by atoms with E-state index >= 15 is 0 Å². The Morgan fingerprint density at radius 1 is 1.41 bits per heavy atom. The highest BCUT2D eigenvalue weighted by molar-refractivity contribution is 7.98. The van der Waals surface area contributed by atoms with Gasteiger partial charge in [-0.05, 0) is 18.6 Å². The maximum Gasteiger partial charge on any atom is 0.345 e.